The van der Waals surface area contributed by atoms with Crippen molar-refractivity contribution in [2.24, 2.45) is 5.41 Å². The molecule has 2 nitrogen and oxygen atoms in total. The summed E-state index contributed by atoms with van der Waals surface area (Å²) in [6.07, 6.45) is 7.88. The topological polar surface area (TPSA) is 26.3 Å². The average molecular weight is 325 g/mol. The van der Waals surface area contributed by atoms with Gasteiger partial charge in [-0.25, -0.2) is 0 Å². The lowest BCUT2D eigenvalue weighted by molar-refractivity contribution is -0.119. The van der Waals surface area contributed by atoms with Gasteiger partial charge in [-0.15, -0.1) is 0 Å². The molecule has 0 spiro atoms. The largest absolute Gasteiger partial charge is 0.494 e. The van der Waals surface area contributed by atoms with E-state index in [0.29, 0.717) is 6.61 Å². The van der Waals surface area contributed by atoms with Crippen LogP contribution in [-0.4, -0.2) is 11.8 Å². The molecule has 22 heavy (non-hydrogen) atoms. The third-order valence-electron chi connectivity index (χ3n) is 3.99. The number of unbranched alkanes of at least 4 members (excludes halogenated alkanes) is 3. The van der Waals surface area contributed by atoms with E-state index in [0.717, 1.165) is 25.0 Å². The second-order valence-electron chi connectivity index (χ2n) is 6.56. The summed E-state index contributed by atoms with van der Waals surface area (Å²) in [5.41, 5.74) is 0.908. The van der Waals surface area contributed by atoms with Crippen molar-refractivity contribution in [3.8, 4) is 5.75 Å². The fourth-order valence-electron chi connectivity index (χ4n) is 2.31. The van der Waals surface area contributed by atoms with Gasteiger partial charge < -0.3 is 4.74 Å². The number of halogens is 1. The molecule has 0 atom stereocenters. The molecule has 0 N–H and O–H groups in total. The summed E-state index contributed by atoms with van der Waals surface area (Å²) >= 11 is 5.56. The number of carbonyl (C=O) groups is 1. The summed E-state index contributed by atoms with van der Waals surface area (Å²) < 4.78 is 5.72. The Morgan fingerprint density at radius 3 is 2.36 bits per heavy atom. The summed E-state index contributed by atoms with van der Waals surface area (Å²) in [7, 11) is 0. The van der Waals surface area contributed by atoms with Crippen molar-refractivity contribution in [3.63, 3.8) is 0 Å². The maximum Gasteiger partial charge on any atom is 0.227 e. The molecule has 0 amide bonds. The standard InChI is InChI=1S/C19H29ClO2/c1-4-5-6-7-9-16-10-12-17(13-11-16)22-15-8-14-19(2,3)18(20)21/h10-13H,4-9,14-15H2,1-3H3. The van der Waals surface area contributed by atoms with Gasteiger partial charge in [-0.2, -0.15) is 0 Å². The minimum absolute atomic E-state index is 0.278. The van der Waals surface area contributed by atoms with Gasteiger partial charge in [0.2, 0.25) is 5.24 Å². The molecule has 3 heteroatoms. The fraction of sp³-hybridized carbons (Fsp3) is 0.632. The van der Waals surface area contributed by atoms with Crippen LogP contribution in [0.3, 0.4) is 0 Å². The zero-order chi connectivity index (χ0) is 16.4. The van der Waals surface area contributed by atoms with Gasteiger partial charge in [0.1, 0.15) is 5.75 Å². The quantitative estimate of drug-likeness (QED) is 0.382. The Bertz CT molecular complexity index is 437. The van der Waals surface area contributed by atoms with E-state index < -0.39 is 5.41 Å². The van der Waals surface area contributed by atoms with E-state index in [9.17, 15) is 4.79 Å². The highest BCUT2D eigenvalue weighted by molar-refractivity contribution is 6.64. The molecule has 124 valence electrons. The predicted octanol–water partition coefficient (Wildman–Crippen LogP) is 5.76. The molecule has 0 aliphatic heterocycles. The third kappa shape index (κ3) is 7.31. The lowest BCUT2D eigenvalue weighted by atomic mass is 9.90. The molecule has 1 rings (SSSR count). The number of hydrogen-bond donors (Lipinski definition) is 0. The first-order valence-electron chi connectivity index (χ1n) is 8.37. The minimum atomic E-state index is -0.465. The van der Waals surface area contributed by atoms with Crippen LogP contribution in [0.15, 0.2) is 24.3 Å². The Morgan fingerprint density at radius 1 is 1.09 bits per heavy atom. The molecule has 0 aliphatic rings. The monoisotopic (exact) mass is 324 g/mol. The first kappa shape index (κ1) is 19.0. The van der Waals surface area contributed by atoms with Crippen molar-refractivity contribution >= 4 is 16.8 Å². The fourth-order valence-corrected chi connectivity index (χ4v) is 2.41. The summed E-state index contributed by atoms with van der Waals surface area (Å²) in [5.74, 6) is 0.896. The molecule has 0 aliphatic carbocycles. The van der Waals surface area contributed by atoms with Crippen LogP contribution < -0.4 is 4.74 Å². The number of carbonyl (C=O) groups excluding carboxylic acids is 1. The van der Waals surface area contributed by atoms with Crippen LogP contribution in [0.4, 0.5) is 0 Å². The maximum atomic E-state index is 11.2. The Labute approximate surface area is 140 Å². The van der Waals surface area contributed by atoms with E-state index >= 15 is 0 Å². The van der Waals surface area contributed by atoms with Gasteiger partial charge >= 0.3 is 0 Å². The SMILES string of the molecule is CCCCCCc1ccc(OCCCC(C)(C)C(=O)Cl)cc1. The van der Waals surface area contributed by atoms with Gasteiger partial charge in [0.05, 0.1) is 6.61 Å². The normalized spacial score (nSPS) is 11.5. The Morgan fingerprint density at radius 2 is 1.77 bits per heavy atom. The molecule has 0 aromatic heterocycles. The molecule has 0 radical (unpaired) electrons. The molecule has 0 unspecified atom stereocenters. The van der Waals surface area contributed by atoms with Crippen LogP contribution in [0.25, 0.3) is 0 Å². The van der Waals surface area contributed by atoms with E-state index in [4.69, 9.17) is 16.3 Å². The van der Waals surface area contributed by atoms with Crippen LogP contribution in [0.5, 0.6) is 5.75 Å². The molecule has 0 fully saturated rings. The molecule has 0 saturated carbocycles. The molecule has 0 saturated heterocycles. The number of aryl methyl sites for hydroxylation is 1. The van der Waals surface area contributed by atoms with Gasteiger partial charge in [-0.3, -0.25) is 4.79 Å². The molecule has 1 aromatic carbocycles. The van der Waals surface area contributed by atoms with E-state index in [1.54, 1.807) is 0 Å². The molecule has 0 heterocycles. The second-order valence-corrected chi connectivity index (χ2v) is 6.91. The second kappa shape index (κ2) is 9.89. The van der Waals surface area contributed by atoms with E-state index in [1.807, 2.05) is 26.0 Å². The molecular formula is C19H29ClO2. The van der Waals surface area contributed by atoms with Crippen LogP contribution in [-0.2, 0) is 11.2 Å². The predicted molar refractivity (Wildman–Crippen MR) is 93.7 cm³/mol. The third-order valence-corrected chi connectivity index (χ3v) is 4.50. The van der Waals surface area contributed by atoms with Gasteiger partial charge in [-0.1, -0.05) is 52.2 Å². The average Bonchev–Trinajstić information content (AvgIpc) is 2.49. The van der Waals surface area contributed by atoms with Crippen molar-refractivity contribution in [1.82, 2.24) is 0 Å². The number of rotatable bonds is 11. The first-order valence-corrected chi connectivity index (χ1v) is 8.75. The first-order chi connectivity index (χ1) is 10.5. The Balaban J connectivity index is 2.25. The number of ether oxygens (including phenoxy) is 1. The number of benzene rings is 1. The summed E-state index contributed by atoms with van der Waals surface area (Å²) in [5, 5.41) is -0.278. The van der Waals surface area contributed by atoms with Crippen LogP contribution >= 0.6 is 11.6 Å². The van der Waals surface area contributed by atoms with Crippen molar-refractivity contribution < 1.29 is 9.53 Å². The van der Waals surface area contributed by atoms with Crippen LogP contribution in [0, 0.1) is 5.41 Å². The maximum absolute atomic E-state index is 11.2. The smallest absolute Gasteiger partial charge is 0.227 e. The summed E-state index contributed by atoms with van der Waals surface area (Å²) in [6, 6.07) is 8.36. The van der Waals surface area contributed by atoms with Gasteiger partial charge in [-0.05, 0) is 55.0 Å². The highest BCUT2D eigenvalue weighted by Crippen LogP contribution is 2.25. The minimum Gasteiger partial charge on any atom is -0.494 e. The summed E-state index contributed by atoms with van der Waals surface area (Å²) in [4.78, 5) is 11.2. The highest BCUT2D eigenvalue weighted by Gasteiger charge is 2.24. The van der Waals surface area contributed by atoms with Crippen molar-refractivity contribution in [2.75, 3.05) is 6.61 Å². The van der Waals surface area contributed by atoms with Gasteiger partial charge in [0.15, 0.2) is 0 Å². The van der Waals surface area contributed by atoms with E-state index in [2.05, 4.69) is 19.1 Å². The van der Waals surface area contributed by atoms with Crippen molar-refractivity contribution in [2.45, 2.75) is 65.7 Å². The zero-order valence-corrected chi connectivity index (χ0v) is 14.9. The van der Waals surface area contributed by atoms with Crippen molar-refractivity contribution in [3.05, 3.63) is 29.8 Å². The van der Waals surface area contributed by atoms with Crippen LogP contribution in [0.1, 0.15) is 64.9 Å². The number of hydrogen-bond acceptors (Lipinski definition) is 2. The Kier molecular flexibility index (Phi) is 8.55. The summed E-state index contributed by atoms with van der Waals surface area (Å²) in [6.45, 7) is 6.59. The van der Waals surface area contributed by atoms with E-state index in [1.165, 1.54) is 31.2 Å². The zero-order valence-electron chi connectivity index (χ0n) is 14.2. The lowest BCUT2D eigenvalue weighted by Gasteiger charge is -2.19. The Hall–Kier alpha value is -1.02. The van der Waals surface area contributed by atoms with Crippen LogP contribution in [0.2, 0.25) is 0 Å². The van der Waals surface area contributed by atoms with E-state index in [-0.39, 0.29) is 5.24 Å². The van der Waals surface area contributed by atoms with Gasteiger partial charge in [0, 0.05) is 5.41 Å². The lowest BCUT2D eigenvalue weighted by Crippen LogP contribution is -2.20. The van der Waals surface area contributed by atoms with Crippen molar-refractivity contribution in [1.29, 1.82) is 0 Å². The molecule has 0 bridgehead atoms. The molecule has 1 aromatic rings. The molecular weight excluding hydrogens is 296 g/mol. The van der Waals surface area contributed by atoms with Gasteiger partial charge in [0.25, 0.3) is 0 Å². The highest BCUT2D eigenvalue weighted by atomic mass is 35.5.